The van der Waals surface area contributed by atoms with Crippen LogP contribution in [-0.4, -0.2) is 53.5 Å². The Morgan fingerprint density at radius 2 is 0.917 bits per heavy atom. The fourth-order valence-corrected chi connectivity index (χ4v) is 1.34. The lowest BCUT2D eigenvalue weighted by molar-refractivity contribution is -0.921. The first-order valence-electron chi connectivity index (χ1n) is 4.09. The third kappa shape index (κ3) is 6.28. The van der Waals surface area contributed by atoms with E-state index in [2.05, 4.69) is 27.7 Å². The molecule has 0 aliphatic heterocycles. The smallest absolute Gasteiger partial charge is 0.187 e. The quantitative estimate of drug-likeness (QED) is 0.350. The van der Waals surface area contributed by atoms with Gasteiger partial charge in [-0.25, -0.2) is 0 Å². The molecule has 0 atom stereocenters. The zero-order valence-electron chi connectivity index (χ0n) is 8.15. The van der Waals surface area contributed by atoms with Gasteiger partial charge in [-0.15, -0.1) is 0 Å². The molecule has 0 aliphatic rings. The minimum atomic E-state index is 0. The van der Waals surface area contributed by atoms with Crippen molar-refractivity contribution in [1.82, 2.24) is 0 Å². The number of nitrogens with zero attached hydrogens (tertiary/aromatic N) is 1. The maximum atomic E-state index is 2.27. The van der Waals surface area contributed by atoms with Crippen LogP contribution >= 0.6 is 0 Å². The Hall–Kier alpha value is 0.742. The monoisotopic (exact) mass is 213 g/mol. The van der Waals surface area contributed by atoms with Gasteiger partial charge in [0.15, 0.2) is 17.4 Å². The van der Waals surface area contributed by atoms with Crippen LogP contribution in [-0.2, 0) is 0 Å². The number of quaternary nitrogens is 1. The molecule has 12 heavy (non-hydrogen) atoms. The molecule has 0 aromatic carbocycles. The molecule has 0 saturated carbocycles. The normalized spacial score (nSPS) is 9.00. The molecule has 0 aromatic heterocycles. The average Bonchev–Trinajstić information content (AvgIpc) is 1.95. The van der Waals surface area contributed by atoms with Crippen LogP contribution in [0.25, 0.3) is 0 Å². The van der Waals surface area contributed by atoms with E-state index in [4.69, 9.17) is 0 Å². The van der Waals surface area contributed by atoms with Crippen LogP contribution in [0.3, 0.4) is 0 Å². The molecule has 0 aliphatic carbocycles. The topological polar surface area (TPSA) is 31.5 Å². The van der Waals surface area contributed by atoms with E-state index in [1.807, 2.05) is 0 Å². The minimum Gasteiger partial charge on any atom is -1.00 e. The summed E-state index contributed by atoms with van der Waals surface area (Å²) >= 11 is 0. The van der Waals surface area contributed by atoms with E-state index in [1.165, 1.54) is 30.7 Å². The maximum Gasteiger partial charge on any atom is 0.187 e. The van der Waals surface area contributed by atoms with Crippen LogP contribution in [0.4, 0.5) is 0 Å². The first-order chi connectivity index (χ1) is 4.24. The lowest BCUT2D eigenvalue weighted by Gasteiger charge is -2.34. The highest BCUT2D eigenvalue weighted by Gasteiger charge is 2.16. The molecule has 78 valence electrons. The summed E-state index contributed by atoms with van der Waals surface area (Å²) in [5.41, 5.74) is 0. The van der Waals surface area contributed by atoms with Gasteiger partial charge in [0, 0.05) is 0 Å². The molecule has 0 spiro atoms. The zero-order chi connectivity index (χ0) is 7.33. The lowest BCUT2D eigenvalue weighted by Crippen LogP contribution is -3.00. The van der Waals surface area contributed by atoms with Crippen LogP contribution < -0.4 is 12.4 Å². The highest BCUT2D eigenvalue weighted by molar-refractivity contribution is 5.75. The van der Waals surface area contributed by atoms with Crippen molar-refractivity contribution in [1.29, 1.82) is 0 Å². The van der Waals surface area contributed by atoms with Crippen molar-refractivity contribution in [2.45, 2.75) is 27.7 Å². The summed E-state index contributed by atoms with van der Waals surface area (Å²) in [7, 11) is 0. The molecule has 0 aromatic rings. The SMILES string of the molecule is CC[N+](CC)(CC)CC.O.[AlH3].[Cl-]. The average molecular weight is 214 g/mol. The zero-order valence-corrected chi connectivity index (χ0v) is 8.91. The Balaban J connectivity index is -0.000000107. The summed E-state index contributed by atoms with van der Waals surface area (Å²) < 4.78 is 1.28. The molecule has 2 nitrogen and oxygen atoms in total. The van der Waals surface area contributed by atoms with Crippen LogP contribution in [0.15, 0.2) is 0 Å². The van der Waals surface area contributed by atoms with E-state index in [1.54, 1.807) is 0 Å². The first kappa shape index (κ1) is 23.0. The molecule has 0 heterocycles. The Morgan fingerprint density at radius 1 is 0.750 bits per heavy atom. The summed E-state index contributed by atoms with van der Waals surface area (Å²) in [4.78, 5) is 0. The second-order valence-corrected chi connectivity index (χ2v) is 2.61. The number of halogens is 1. The lowest BCUT2D eigenvalue weighted by atomic mass is 10.3. The van der Waals surface area contributed by atoms with Crippen molar-refractivity contribution in [3.05, 3.63) is 0 Å². The van der Waals surface area contributed by atoms with Gasteiger partial charge >= 0.3 is 0 Å². The van der Waals surface area contributed by atoms with Gasteiger partial charge in [0.2, 0.25) is 0 Å². The van der Waals surface area contributed by atoms with Crippen LogP contribution in [0.1, 0.15) is 27.7 Å². The van der Waals surface area contributed by atoms with Crippen molar-refractivity contribution >= 4 is 17.4 Å². The Labute approximate surface area is 93.8 Å². The molecular formula is C8H25AlClNO. The van der Waals surface area contributed by atoms with E-state index in [0.29, 0.717) is 0 Å². The summed E-state index contributed by atoms with van der Waals surface area (Å²) in [6, 6.07) is 0. The van der Waals surface area contributed by atoms with E-state index in [9.17, 15) is 0 Å². The van der Waals surface area contributed by atoms with E-state index in [-0.39, 0.29) is 35.2 Å². The molecule has 2 N–H and O–H groups in total. The molecule has 0 saturated heterocycles. The molecule has 0 fully saturated rings. The van der Waals surface area contributed by atoms with Gasteiger partial charge in [-0.1, -0.05) is 0 Å². The molecule has 0 rings (SSSR count). The van der Waals surface area contributed by atoms with Crippen LogP contribution in [0, 0.1) is 0 Å². The van der Waals surface area contributed by atoms with E-state index < -0.39 is 0 Å². The second kappa shape index (κ2) is 11.7. The van der Waals surface area contributed by atoms with Crippen molar-refractivity contribution in [3.63, 3.8) is 0 Å². The third-order valence-corrected chi connectivity index (χ3v) is 2.68. The van der Waals surface area contributed by atoms with Gasteiger partial charge < -0.3 is 22.4 Å². The summed E-state index contributed by atoms with van der Waals surface area (Å²) in [5.74, 6) is 0. The van der Waals surface area contributed by atoms with Gasteiger partial charge in [0.25, 0.3) is 0 Å². The van der Waals surface area contributed by atoms with Crippen LogP contribution in [0.2, 0.25) is 0 Å². The van der Waals surface area contributed by atoms with Gasteiger partial charge in [-0.3, -0.25) is 0 Å². The molecule has 0 radical (unpaired) electrons. The standard InChI is InChI=1S/C8H20N.Al.ClH.H2O.3H/c1-5-9(6-2,7-3)8-4;;;;;;/h5-8H2,1-4H3;;1H;1H2;;;/q+1;;;;;;/p-1. The Kier molecular flexibility index (Phi) is 22.5. The van der Waals surface area contributed by atoms with E-state index >= 15 is 0 Å². The Morgan fingerprint density at radius 3 is 0.917 bits per heavy atom. The summed E-state index contributed by atoms with van der Waals surface area (Å²) in [5, 5.41) is 0. The van der Waals surface area contributed by atoms with Gasteiger partial charge in [-0.2, -0.15) is 0 Å². The van der Waals surface area contributed by atoms with E-state index in [0.717, 1.165) is 0 Å². The summed E-state index contributed by atoms with van der Waals surface area (Å²) in [6.07, 6.45) is 0. The van der Waals surface area contributed by atoms with Gasteiger partial charge in [0.1, 0.15) is 0 Å². The fraction of sp³-hybridized carbons (Fsp3) is 1.00. The van der Waals surface area contributed by atoms with Crippen LogP contribution in [0.5, 0.6) is 0 Å². The van der Waals surface area contributed by atoms with Crippen molar-refractivity contribution < 1.29 is 22.4 Å². The third-order valence-electron chi connectivity index (χ3n) is 2.68. The predicted octanol–water partition coefficient (Wildman–Crippen LogP) is -3.12. The molecule has 0 unspecified atom stereocenters. The molecule has 0 amide bonds. The minimum absolute atomic E-state index is 0. The largest absolute Gasteiger partial charge is 1.00 e. The number of rotatable bonds is 4. The maximum absolute atomic E-state index is 2.27. The second-order valence-electron chi connectivity index (χ2n) is 2.61. The molecule has 4 heteroatoms. The van der Waals surface area contributed by atoms with Crippen molar-refractivity contribution in [2.24, 2.45) is 0 Å². The summed E-state index contributed by atoms with van der Waals surface area (Å²) in [6.45, 7) is 14.2. The fourth-order valence-electron chi connectivity index (χ4n) is 1.34. The number of hydrogen-bond acceptors (Lipinski definition) is 0. The predicted molar refractivity (Wildman–Crippen MR) is 56.0 cm³/mol. The molecular weight excluding hydrogens is 189 g/mol. The van der Waals surface area contributed by atoms with Crippen molar-refractivity contribution in [2.75, 3.05) is 26.2 Å². The number of hydrogen-bond donors (Lipinski definition) is 0. The molecule has 0 bridgehead atoms. The van der Waals surface area contributed by atoms with Crippen molar-refractivity contribution in [3.8, 4) is 0 Å². The van der Waals surface area contributed by atoms with Gasteiger partial charge in [0.05, 0.1) is 26.2 Å². The highest BCUT2D eigenvalue weighted by Crippen LogP contribution is 2.03. The van der Waals surface area contributed by atoms with Gasteiger partial charge in [-0.05, 0) is 27.7 Å². The Bertz CT molecular complexity index is 61.9. The highest BCUT2D eigenvalue weighted by atomic mass is 35.5. The first-order valence-corrected chi connectivity index (χ1v) is 4.09.